The van der Waals surface area contributed by atoms with E-state index < -0.39 is 34.5 Å². The van der Waals surface area contributed by atoms with Gasteiger partial charge in [-0.15, -0.1) is 0 Å². The number of anilines is 1. The molecule has 0 spiro atoms. The number of carbonyl (C=O) groups excluding carboxylic acids is 2. The molecule has 0 radical (unpaired) electrons. The lowest BCUT2D eigenvalue weighted by molar-refractivity contribution is -0.140. The van der Waals surface area contributed by atoms with E-state index >= 15 is 0 Å². The standard InChI is InChI=1S/C25H33Cl2FN4O4S/c1-5-7-14-29-25(34)23(6-2)31(16-18-8-13-21(26)22(27)15-18)24(33)17-32(37(35,36)30(3)4)20-11-9-19(28)10-12-20/h8-13,15,23H,5-7,14,16-17H2,1-4H3,(H,29,34)/t23-/m0/s1. The lowest BCUT2D eigenvalue weighted by Gasteiger charge is -2.34. The fourth-order valence-corrected chi connectivity index (χ4v) is 4.96. The van der Waals surface area contributed by atoms with Crippen molar-refractivity contribution in [3.8, 4) is 0 Å². The Hall–Kier alpha value is -2.40. The molecule has 37 heavy (non-hydrogen) atoms. The predicted molar refractivity (Wildman–Crippen MR) is 145 cm³/mol. The molecule has 8 nitrogen and oxygen atoms in total. The van der Waals surface area contributed by atoms with Gasteiger partial charge in [-0.1, -0.05) is 49.5 Å². The lowest BCUT2D eigenvalue weighted by Crippen LogP contribution is -2.53. The number of amides is 2. The smallest absolute Gasteiger partial charge is 0.304 e. The van der Waals surface area contributed by atoms with Crippen LogP contribution in [0.15, 0.2) is 42.5 Å². The fraction of sp³-hybridized carbons (Fsp3) is 0.440. The van der Waals surface area contributed by atoms with Crippen LogP contribution in [0.1, 0.15) is 38.7 Å². The molecule has 1 N–H and O–H groups in total. The maximum Gasteiger partial charge on any atom is 0.304 e. The molecule has 0 aromatic heterocycles. The van der Waals surface area contributed by atoms with Crippen molar-refractivity contribution < 1.29 is 22.4 Å². The second-order valence-electron chi connectivity index (χ2n) is 8.61. The van der Waals surface area contributed by atoms with Gasteiger partial charge in [0.2, 0.25) is 11.8 Å². The van der Waals surface area contributed by atoms with E-state index in [1.54, 1.807) is 25.1 Å². The first-order valence-electron chi connectivity index (χ1n) is 11.9. The fourth-order valence-electron chi connectivity index (χ4n) is 3.58. The number of unbranched alkanes of at least 4 members (excludes halogenated alkanes) is 1. The van der Waals surface area contributed by atoms with Crippen LogP contribution in [0.2, 0.25) is 10.0 Å². The summed E-state index contributed by atoms with van der Waals surface area (Å²) in [4.78, 5) is 28.1. The van der Waals surface area contributed by atoms with E-state index in [1.807, 2.05) is 6.92 Å². The van der Waals surface area contributed by atoms with Crippen LogP contribution in [0.3, 0.4) is 0 Å². The number of nitrogens with one attached hydrogen (secondary N) is 1. The molecular formula is C25H33Cl2FN4O4S. The lowest BCUT2D eigenvalue weighted by atomic mass is 10.1. The Bertz CT molecular complexity index is 1180. The van der Waals surface area contributed by atoms with Gasteiger partial charge in [-0.3, -0.25) is 9.59 Å². The van der Waals surface area contributed by atoms with Crippen LogP contribution in [0.5, 0.6) is 0 Å². The molecular weight excluding hydrogens is 542 g/mol. The Morgan fingerprint density at radius 2 is 1.68 bits per heavy atom. The zero-order valence-corrected chi connectivity index (χ0v) is 23.7. The van der Waals surface area contributed by atoms with Crippen LogP contribution in [-0.2, 0) is 26.3 Å². The maximum atomic E-state index is 13.7. The third-order valence-corrected chi connectivity index (χ3v) is 8.24. The highest BCUT2D eigenvalue weighted by molar-refractivity contribution is 7.90. The molecule has 12 heteroatoms. The summed E-state index contributed by atoms with van der Waals surface area (Å²) in [6.45, 7) is 3.62. The van der Waals surface area contributed by atoms with Gasteiger partial charge in [0.1, 0.15) is 18.4 Å². The van der Waals surface area contributed by atoms with E-state index in [0.717, 1.165) is 33.6 Å². The third-order valence-electron chi connectivity index (χ3n) is 5.69. The van der Waals surface area contributed by atoms with E-state index in [0.29, 0.717) is 23.6 Å². The minimum atomic E-state index is -4.13. The van der Waals surface area contributed by atoms with Gasteiger partial charge in [-0.25, -0.2) is 8.70 Å². The summed E-state index contributed by atoms with van der Waals surface area (Å²) < 4.78 is 41.7. The summed E-state index contributed by atoms with van der Waals surface area (Å²) >= 11 is 12.2. The van der Waals surface area contributed by atoms with Gasteiger partial charge >= 0.3 is 10.2 Å². The van der Waals surface area contributed by atoms with Gasteiger partial charge in [-0.2, -0.15) is 12.7 Å². The third kappa shape index (κ3) is 8.29. The molecule has 2 rings (SSSR count). The van der Waals surface area contributed by atoms with E-state index in [-0.39, 0.29) is 23.2 Å². The second-order valence-corrected chi connectivity index (χ2v) is 11.5. The van der Waals surface area contributed by atoms with Gasteiger partial charge in [-0.05, 0) is 54.8 Å². The predicted octanol–water partition coefficient (Wildman–Crippen LogP) is 4.47. The van der Waals surface area contributed by atoms with E-state index in [2.05, 4.69) is 5.32 Å². The molecule has 0 unspecified atom stereocenters. The molecule has 0 saturated heterocycles. The molecule has 0 aliphatic rings. The van der Waals surface area contributed by atoms with Crippen LogP contribution in [0.4, 0.5) is 10.1 Å². The Morgan fingerprint density at radius 3 is 2.22 bits per heavy atom. The maximum absolute atomic E-state index is 13.7. The van der Waals surface area contributed by atoms with E-state index in [1.165, 1.54) is 31.1 Å². The Kier molecular flexibility index (Phi) is 11.6. The first-order valence-corrected chi connectivity index (χ1v) is 14.0. The number of nitrogens with zero attached hydrogens (tertiary/aromatic N) is 3. The van der Waals surface area contributed by atoms with Crippen molar-refractivity contribution in [1.82, 2.24) is 14.5 Å². The topological polar surface area (TPSA) is 90.0 Å². The zero-order valence-electron chi connectivity index (χ0n) is 21.4. The van der Waals surface area contributed by atoms with Crippen molar-refractivity contribution in [2.24, 2.45) is 0 Å². The molecule has 0 fully saturated rings. The molecule has 0 saturated carbocycles. The number of hydrogen-bond donors (Lipinski definition) is 1. The molecule has 2 aromatic rings. The molecule has 2 aromatic carbocycles. The van der Waals surface area contributed by atoms with Gasteiger partial charge in [0.25, 0.3) is 0 Å². The van der Waals surface area contributed by atoms with E-state index in [9.17, 15) is 22.4 Å². The average Bonchev–Trinajstić information content (AvgIpc) is 2.85. The van der Waals surface area contributed by atoms with Crippen LogP contribution in [0, 0.1) is 5.82 Å². The molecule has 0 heterocycles. The van der Waals surface area contributed by atoms with Crippen molar-refractivity contribution in [2.45, 2.75) is 45.7 Å². The van der Waals surface area contributed by atoms with Crippen LogP contribution in [-0.4, -0.2) is 62.7 Å². The highest BCUT2D eigenvalue weighted by Crippen LogP contribution is 2.25. The Labute approximate surface area is 228 Å². The second kappa shape index (κ2) is 13.9. The minimum absolute atomic E-state index is 0.00526. The average molecular weight is 576 g/mol. The van der Waals surface area contributed by atoms with Crippen molar-refractivity contribution in [1.29, 1.82) is 0 Å². The molecule has 204 valence electrons. The highest BCUT2D eigenvalue weighted by atomic mass is 35.5. The summed E-state index contributed by atoms with van der Waals surface area (Å²) in [5, 5.41) is 3.48. The number of benzene rings is 2. The number of hydrogen-bond acceptors (Lipinski definition) is 4. The van der Waals surface area contributed by atoms with Crippen LogP contribution >= 0.6 is 23.2 Å². The molecule has 1 atom stereocenters. The molecule has 2 amide bonds. The monoisotopic (exact) mass is 574 g/mol. The van der Waals surface area contributed by atoms with Gasteiger partial charge in [0.15, 0.2) is 0 Å². The van der Waals surface area contributed by atoms with Gasteiger partial charge in [0, 0.05) is 27.2 Å². The van der Waals surface area contributed by atoms with Gasteiger partial charge in [0.05, 0.1) is 15.7 Å². The largest absolute Gasteiger partial charge is 0.354 e. The van der Waals surface area contributed by atoms with Crippen LogP contribution in [0.25, 0.3) is 0 Å². The zero-order chi connectivity index (χ0) is 27.8. The molecule has 0 bridgehead atoms. The van der Waals surface area contributed by atoms with Crippen LogP contribution < -0.4 is 9.62 Å². The van der Waals surface area contributed by atoms with Crippen molar-refractivity contribution in [3.05, 3.63) is 63.9 Å². The molecule has 0 aliphatic heterocycles. The summed E-state index contributed by atoms with van der Waals surface area (Å²) in [6, 6.07) is 8.79. The number of rotatable bonds is 13. The number of carbonyl (C=O) groups is 2. The molecule has 0 aliphatic carbocycles. The minimum Gasteiger partial charge on any atom is -0.354 e. The van der Waals surface area contributed by atoms with Crippen molar-refractivity contribution >= 4 is 50.9 Å². The first-order chi connectivity index (χ1) is 17.4. The number of halogens is 3. The first kappa shape index (κ1) is 30.8. The SMILES string of the molecule is CCCCNC(=O)[C@H](CC)N(Cc1ccc(Cl)c(Cl)c1)C(=O)CN(c1ccc(F)cc1)S(=O)(=O)N(C)C. The van der Waals surface area contributed by atoms with E-state index in [4.69, 9.17) is 23.2 Å². The normalized spacial score (nSPS) is 12.3. The Morgan fingerprint density at radius 1 is 1.03 bits per heavy atom. The highest BCUT2D eigenvalue weighted by Gasteiger charge is 2.33. The summed E-state index contributed by atoms with van der Waals surface area (Å²) in [5.41, 5.74) is 0.727. The summed E-state index contributed by atoms with van der Waals surface area (Å²) in [6.07, 6.45) is 1.96. The van der Waals surface area contributed by atoms with Crippen molar-refractivity contribution in [2.75, 3.05) is 31.5 Å². The van der Waals surface area contributed by atoms with Crippen molar-refractivity contribution in [3.63, 3.8) is 0 Å². The quantitative estimate of drug-likeness (QED) is 0.357. The summed E-state index contributed by atoms with van der Waals surface area (Å²) in [7, 11) is -1.46. The van der Waals surface area contributed by atoms with Gasteiger partial charge < -0.3 is 10.2 Å². The summed E-state index contributed by atoms with van der Waals surface area (Å²) in [5.74, 6) is -1.50. The Balaban J connectivity index is 2.48.